The van der Waals surface area contributed by atoms with E-state index in [-0.39, 0.29) is 24.2 Å². The van der Waals surface area contributed by atoms with E-state index in [0.29, 0.717) is 11.5 Å². The molecule has 1 aliphatic rings. The summed E-state index contributed by atoms with van der Waals surface area (Å²) >= 11 is 0. The number of nitrogens with two attached hydrogens (primary N) is 1. The van der Waals surface area contributed by atoms with E-state index in [9.17, 15) is 23.2 Å². The van der Waals surface area contributed by atoms with Crippen LogP contribution in [0.1, 0.15) is 30.5 Å². The van der Waals surface area contributed by atoms with E-state index in [1.807, 2.05) is 0 Å². The Balaban J connectivity index is 1.62. The number of aryl methyl sites for hydroxylation is 1. The van der Waals surface area contributed by atoms with Crippen LogP contribution in [0.2, 0.25) is 0 Å². The first-order valence-electron chi connectivity index (χ1n) is 11.7. The van der Waals surface area contributed by atoms with Gasteiger partial charge < -0.3 is 15.6 Å². The molecule has 2 aromatic heterocycles. The third-order valence-electron chi connectivity index (χ3n) is 6.45. The van der Waals surface area contributed by atoms with Crippen LogP contribution in [0.5, 0.6) is 0 Å². The number of imide groups is 1. The number of imidazole rings is 1. The number of carbonyl (C=O) groups is 3. The minimum absolute atomic E-state index is 0.0550. The standard InChI is InChI=1S/C25H27F2N7O3/c1-4-19(16-13-15(26)5-6-18(16)27)31-25(37)34-21(23(36)33(3)24-30-9-10-32(24)2)17(22(34)35)11-14-7-8-29-20(28)12-14/h5-10,12-13,17,19,21H,4,11H2,1-3H3,(H2,28,29)(H,31,37)/t17-,19?,21+/m1/s1. The summed E-state index contributed by atoms with van der Waals surface area (Å²) in [5, 5.41) is 2.58. The van der Waals surface area contributed by atoms with Crippen molar-refractivity contribution in [3.8, 4) is 0 Å². The summed E-state index contributed by atoms with van der Waals surface area (Å²) in [4.78, 5) is 50.3. The molecule has 3 N–H and O–H groups in total. The van der Waals surface area contributed by atoms with Crippen LogP contribution in [-0.4, -0.2) is 50.4 Å². The van der Waals surface area contributed by atoms with Crippen molar-refractivity contribution < 1.29 is 23.2 Å². The quantitative estimate of drug-likeness (QED) is 0.470. The van der Waals surface area contributed by atoms with Gasteiger partial charge >= 0.3 is 6.03 Å². The van der Waals surface area contributed by atoms with Gasteiger partial charge in [-0.25, -0.2) is 23.5 Å². The first-order valence-corrected chi connectivity index (χ1v) is 11.7. The monoisotopic (exact) mass is 511 g/mol. The molecule has 1 fully saturated rings. The highest BCUT2D eigenvalue weighted by atomic mass is 19.1. The Hall–Kier alpha value is -4.35. The summed E-state index contributed by atoms with van der Waals surface area (Å²) in [6, 6.07) is 3.27. The molecule has 4 rings (SSSR count). The molecule has 1 aliphatic heterocycles. The second kappa shape index (κ2) is 10.3. The van der Waals surface area contributed by atoms with Crippen molar-refractivity contribution in [3.63, 3.8) is 0 Å². The van der Waals surface area contributed by atoms with Gasteiger partial charge in [-0.2, -0.15) is 0 Å². The Morgan fingerprint density at radius 3 is 2.59 bits per heavy atom. The number of anilines is 2. The van der Waals surface area contributed by atoms with Gasteiger partial charge in [-0.3, -0.25) is 19.4 Å². The molecule has 0 aliphatic carbocycles. The van der Waals surface area contributed by atoms with Crippen molar-refractivity contribution in [1.29, 1.82) is 0 Å². The van der Waals surface area contributed by atoms with E-state index in [1.165, 1.54) is 24.3 Å². The summed E-state index contributed by atoms with van der Waals surface area (Å²) in [5.74, 6) is -2.73. The molecular formula is C25H27F2N7O3. The topological polar surface area (TPSA) is 126 Å². The zero-order valence-electron chi connectivity index (χ0n) is 20.6. The van der Waals surface area contributed by atoms with Crippen LogP contribution in [0.15, 0.2) is 48.9 Å². The minimum atomic E-state index is -1.15. The number of β-lactam (4-membered cyclic amide) rings is 1. The average molecular weight is 512 g/mol. The number of nitrogens with one attached hydrogen (secondary N) is 1. The molecule has 0 radical (unpaired) electrons. The molecule has 10 nitrogen and oxygen atoms in total. The van der Waals surface area contributed by atoms with Crippen molar-refractivity contribution in [2.45, 2.75) is 31.8 Å². The Morgan fingerprint density at radius 1 is 1.19 bits per heavy atom. The number of carbonyl (C=O) groups excluding carboxylic acids is 3. The van der Waals surface area contributed by atoms with Crippen LogP contribution >= 0.6 is 0 Å². The Kier molecular flexibility index (Phi) is 7.18. The number of urea groups is 1. The number of benzene rings is 1. The molecular weight excluding hydrogens is 484 g/mol. The number of hydrogen-bond donors (Lipinski definition) is 2. The highest BCUT2D eigenvalue weighted by Gasteiger charge is 2.55. The summed E-state index contributed by atoms with van der Waals surface area (Å²) < 4.78 is 29.8. The van der Waals surface area contributed by atoms with E-state index >= 15 is 0 Å². The number of likely N-dealkylation sites (tertiary alicyclic amines) is 1. The van der Waals surface area contributed by atoms with E-state index in [4.69, 9.17) is 5.73 Å². The van der Waals surface area contributed by atoms with Crippen molar-refractivity contribution in [2.24, 2.45) is 13.0 Å². The smallest absolute Gasteiger partial charge is 0.325 e. The molecule has 3 atom stereocenters. The molecule has 0 saturated carbocycles. The Bertz CT molecular complexity index is 1350. The predicted molar refractivity (Wildman–Crippen MR) is 131 cm³/mol. The predicted octanol–water partition coefficient (Wildman–Crippen LogP) is 2.57. The maximum atomic E-state index is 14.4. The number of nitrogen functional groups attached to an aromatic ring is 1. The summed E-state index contributed by atoms with van der Waals surface area (Å²) in [6.45, 7) is 1.68. The zero-order chi connectivity index (χ0) is 26.9. The van der Waals surface area contributed by atoms with Crippen LogP contribution in [0.25, 0.3) is 0 Å². The van der Waals surface area contributed by atoms with Gasteiger partial charge in [0.25, 0.3) is 5.91 Å². The van der Waals surface area contributed by atoms with Gasteiger partial charge in [0.2, 0.25) is 11.9 Å². The van der Waals surface area contributed by atoms with E-state index in [0.717, 1.165) is 23.1 Å². The zero-order valence-corrected chi connectivity index (χ0v) is 20.6. The van der Waals surface area contributed by atoms with Gasteiger partial charge in [-0.1, -0.05) is 6.92 Å². The van der Waals surface area contributed by atoms with Crippen LogP contribution in [0.4, 0.5) is 25.3 Å². The molecule has 1 unspecified atom stereocenters. The third kappa shape index (κ3) is 4.99. The highest BCUT2D eigenvalue weighted by Crippen LogP contribution is 2.33. The average Bonchev–Trinajstić information content (AvgIpc) is 3.30. The van der Waals surface area contributed by atoms with Gasteiger partial charge in [-0.15, -0.1) is 0 Å². The summed E-state index contributed by atoms with van der Waals surface area (Å²) in [6.07, 6.45) is 5.04. The lowest BCUT2D eigenvalue weighted by molar-refractivity contribution is -0.156. The third-order valence-corrected chi connectivity index (χ3v) is 6.45. The number of nitrogens with zero attached hydrogens (tertiary/aromatic N) is 5. The number of halogens is 2. The fourth-order valence-corrected chi connectivity index (χ4v) is 4.51. The number of amides is 4. The molecule has 3 heterocycles. The second-order valence-corrected chi connectivity index (χ2v) is 8.86. The van der Waals surface area contributed by atoms with Crippen molar-refractivity contribution in [3.05, 3.63) is 71.7 Å². The number of rotatable bonds is 7. The molecule has 1 saturated heterocycles. The Morgan fingerprint density at radius 2 is 1.95 bits per heavy atom. The van der Waals surface area contributed by atoms with Crippen molar-refractivity contribution in [2.75, 3.05) is 17.7 Å². The lowest BCUT2D eigenvalue weighted by Gasteiger charge is -2.45. The van der Waals surface area contributed by atoms with E-state index in [1.54, 1.807) is 36.9 Å². The van der Waals surface area contributed by atoms with Crippen LogP contribution in [-0.2, 0) is 23.1 Å². The fraction of sp³-hybridized carbons (Fsp3) is 0.320. The molecule has 37 heavy (non-hydrogen) atoms. The Labute approximate surface area is 212 Å². The number of hydrogen-bond acceptors (Lipinski definition) is 6. The molecule has 4 amide bonds. The number of pyridine rings is 1. The lowest BCUT2D eigenvalue weighted by atomic mass is 9.81. The SMILES string of the molecule is CCC(NC(=O)N1C(=O)[C@H](Cc2ccnc(N)c2)[C@H]1C(=O)N(C)c1nccn1C)c1cc(F)ccc1F. The first kappa shape index (κ1) is 25.7. The molecule has 0 bridgehead atoms. The summed E-state index contributed by atoms with van der Waals surface area (Å²) in [7, 11) is 3.21. The number of likely N-dealkylation sites (N-methyl/N-ethyl adjacent to an activating group) is 1. The summed E-state index contributed by atoms with van der Waals surface area (Å²) in [5.41, 5.74) is 6.38. The molecule has 3 aromatic rings. The molecule has 1 aromatic carbocycles. The second-order valence-electron chi connectivity index (χ2n) is 8.86. The maximum Gasteiger partial charge on any atom is 0.325 e. The molecule has 12 heteroatoms. The van der Waals surface area contributed by atoms with Gasteiger partial charge in [0, 0.05) is 38.2 Å². The first-order chi connectivity index (χ1) is 17.6. The van der Waals surface area contributed by atoms with Gasteiger partial charge in [0.1, 0.15) is 23.5 Å². The normalized spacial score (nSPS) is 17.8. The van der Waals surface area contributed by atoms with Gasteiger partial charge in [-0.05, 0) is 48.7 Å². The largest absolute Gasteiger partial charge is 0.384 e. The molecule has 0 spiro atoms. The van der Waals surface area contributed by atoms with Crippen LogP contribution < -0.4 is 16.0 Å². The van der Waals surface area contributed by atoms with Gasteiger partial charge in [0.15, 0.2) is 0 Å². The molecule has 194 valence electrons. The van der Waals surface area contributed by atoms with Gasteiger partial charge in [0.05, 0.1) is 12.0 Å². The lowest BCUT2D eigenvalue weighted by Crippen LogP contribution is -2.70. The van der Waals surface area contributed by atoms with Crippen LogP contribution in [0.3, 0.4) is 0 Å². The maximum absolute atomic E-state index is 14.4. The minimum Gasteiger partial charge on any atom is -0.384 e. The van der Waals surface area contributed by atoms with E-state index in [2.05, 4.69) is 15.3 Å². The van der Waals surface area contributed by atoms with E-state index < -0.39 is 47.5 Å². The highest BCUT2D eigenvalue weighted by molar-refractivity contribution is 6.12. The van der Waals surface area contributed by atoms with Crippen LogP contribution in [0, 0.1) is 17.6 Å². The fourth-order valence-electron chi connectivity index (χ4n) is 4.51. The van der Waals surface area contributed by atoms with Crippen molar-refractivity contribution >= 4 is 29.6 Å². The van der Waals surface area contributed by atoms with Crippen molar-refractivity contribution in [1.82, 2.24) is 24.8 Å². The number of aromatic nitrogens is 3.